The van der Waals surface area contributed by atoms with Crippen LogP contribution in [0, 0.1) is 0 Å². The van der Waals surface area contributed by atoms with Crippen molar-refractivity contribution in [2.75, 3.05) is 13.7 Å². The number of halogens is 1. The highest BCUT2D eigenvalue weighted by atomic mass is 35.5. The highest BCUT2D eigenvalue weighted by molar-refractivity contribution is 7.89. The van der Waals surface area contributed by atoms with Crippen LogP contribution >= 0.6 is 11.6 Å². The third-order valence-corrected chi connectivity index (χ3v) is 4.19. The lowest BCUT2D eigenvalue weighted by atomic mass is 10.1. The number of sulfonamides is 1. The molecule has 0 saturated heterocycles. The Balaban J connectivity index is 3.21. The van der Waals surface area contributed by atoms with Crippen LogP contribution in [0.1, 0.15) is 13.8 Å². The summed E-state index contributed by atoms with van der Waals surface area (Å²) < 4.78 is 31.7. The minimum atomic E-state index is -3.78. The molecule has 0 aliphatic heterocycles. The molecule has 0 saturated carbocycles. The number of benzene rings is 1. The molecule has 0 heterocycles. The molecule has 5 nitrogen and oxygen atoms in total. The SMILES string of the molecule is COc1cc(Cl)ccc1S(=O)(=O)NC(C)(C)CO. The Morgan fingerprint density at radius 1 is 1.44 bits per heavy atom. The molecule has 0 radical (unpaired) electrons. The van der Waals surface area contributed by atoms with E-state index in [1.165, 1.54) is 25.3 Å². The van der Waals surface area contributed by atoms with Gasteiger partial charge in [-0.3, -0.25) is 0 Å². The molecule has 102 valence electrons. The Hall–Kier alpha value is -0.820. The fourth-order valence-corrected chi connectivity index (χ4v) is 3.03. The van der Waals surface area contributed by atoms with Crippen LogP contribution in [0.3, 0.4) is 0 Å². The summed E-state index contributed by atoms with van der Waals surface area (Å²) in [6, 6.07) is 4.24. The molecule has 0 fully saturated rings. The third-order valence-electron chi connectivity index (χ3n) is 2.22. The van der Waals surface area contributed by atoms with E-state index in [-0.39, 0.29) is 17.3 Å². The number of methoxy groups -OCH3 is 1. The lowest BCUT2D eigenvalue weighted by Gasteiger charge is -2.23. The maximum atomic E-state index is 12.2. The zero-order chi connectivity index (χ0) is 14.0. The van der Waals surface area contributed by atoms with E-state index in [1.54, 1.807) is 13.8 Å². The molecular formula is C11H16ClNO4S. The number of hydrogen-bond donors (Lipinski definition) is 2. The average Bonchev–Trinajstić information content (AvgIpc) is 2.27. The van der Waals surface area contributed by atoms with E-state index in [4.69, 9.17) is 21.4 Å². The fourth-order valence-electron chi connectivity index (χ4n) is 1.31. The van der Waals surface area contributed by atoms with Crippen LogP contribution in [0.2, 0.25) is 5.02 Å². The molecule has 0 unspecified atom stereocenters. The van der Waals surface area contributed by atoms with Gasteiger partial charge in [0.05, 0.1) is 19.3 Å². The van der Waals surface area contributed by atoms with Gasteiger partial charge in [0.2, 0.25) is 10.0 Å². The molecular weight excluding hydrogens is 278 g/mol. The number of ether oxygens (including phenoxy) is 1. The third kappa shape index (κ3) is 3.58. The van der Waals surface area contributed by atoms with Gasteiger partial charge in [-0.05, 0) is 26.0 Å². The molecule has 0 atom stereocenters. The molecule has 18 heavy (non-hydrogen) atoms. The fraction of sp³-hybridized carbons (Fsp3) is 0.455. The van der Waals surface area contributed by atoms with Crippen molar-refractivity contribution < 1.29 is 18.3 Å². The molecule has 7 heteroatoms. The van der Waals surface area contributed by atoms with E-state index >= 15 is 0 Å². The van der Waals surface area contributed by atoms with E-state index < -0.39 is 15.6 Å². The molecule has 1 rings (SSSR count). The first-order chi connectivity index (χ1) is 8.22. The predicted molar refractivity (Wildman–Crippen MR) is 69.5 cm³/mol. The monoisotopic (exact) mass is 293 g/mol. The van der Waals surface area contributed by atoms with Gasteiger partial charge in [0, 0.05) is 11.1 Å². The smallest absolute Gasteiger partial charge is 0.244 e. The number of hydrogen-bond acceptors (Lipinski definition) is 4. The highest BCUT2D eigenvalue weighted by Gasteiger charge is 2.27. The van der Waals surface area contributed by atoms with Gasteiger partial charge in [0.15, 0.2) is 0 Å². The van der Waals surface area contributed by atoms with Crippen LogP contribution in [0.15, 0.2) is 23.1 Å². The first-order valence-corrected chi connectivity index (χ1v) is 7.06. The molecule has 0 aromatic heterocycles. The summed E-state index contributed by atoms with van der Waals surface area (Å²) in [5, 5.41) is 9.48. The van der Waals surface area contributed by atoms with Crippen LogP contribution in [-0.2, 0) is 10.0 Å². The standard InChI is InChI=1S/C11H16ClNO4S/c1-11(2,7-14)13-18(15,16)10-5-4-8(12)6-9(10)17-3/h4-6,13-14H,7H2,1-3H3. The summed E-state index contributed by atoms with van der Waals surface area (Å²) in [5.41, 5.74) is -0.955. The second-order valence-electron chi connectivity index (χ2n) is 4.44. The lowest BCUT2D eigenvalue weighted by molar-refractivity contribution is 0.208. The van der Waals surface area contributed by atoms with Crippen molar-refractivity contribution in [3.05, 3.63) is 23.2 Å². The summed E-state index contributed by atoms with van der Waals surface area (Å²) >= 11 is 5.77. The average molecular weight is 294 g/mol. The Morgan fingerprint density at radius 2 is 2.06 bits per heavy atom. The number of aliphatic hydroxyl groups excluding tert-OH is 1. The lowest BCUT2D eigenvalue weighted by Crippen LogP contribution is -2.46. The van der Waals surface area contributed by atoms with E-state index in [2.05, 4.69) is 4.72 Å². The van der Waals surface area contributed by atoms with Crippen molar-refractivity contribution >= 4 is 21.6 Å². The zero-order valence-corrected chi connectivity index (χ0v) is 12.0. The second kappa shape index (κ2) is 5.44. The van der Waals surface area contributed by atoms with Gasteiger partial charge in [-0.2, -0.15) is 0 Å². The van der Waals surface area contributed by atoms with Crippen LogP contribution < -0.4 is 9.46 Å². The van der Waals surface area contributed by atoms with E-state index in [0.717, 1.165) is 0 Å². The normalized spacial score (nSPS) is 12.5. The number of rotatable bonds is 5. The Morgan fingerprint density at radius 3 is 2.56 bits per heavy atom. The minimum absolute atomic E-state index is 0.0177. The zero-order valence-electron chi connectivity index (χ0n) is 10.4. The van der Waals surface area contributed by atoms with Crippen LogP contribution in [-0.4, -0.2) is 32.8 Å². The van der Waals surface area contributed by atoms with Gasteiger partial charge < -0.3 is 9.84 Å². The summed E-state index contributed by atoms with van der Waals surface area (Å²) in [7, 11) is -2.42. The highest BCUT2D eigenvalue weighted by Crippen LogP contribution is 2.27. The van der Waals surface area contributed by atoms with Gasteiger partial charge in [0.25, 0.3) is 0 Å². The summed E-state index contributed by atoms with van der Waals surface area (Å²) in [5.74, 6) is 0.156. The number of nitrogens with one attached hydrogen (secondary N) is 1. The second-order valence-corrected chi connectivity index (χ2v) is 6.53. The molecule has 2 N–H and O–H groups in total. The van der Waals surface area contributed by atoms with E-state index in [0.29, 0.717) is 5.02 Å². The Bertz CT molecular complexity index is 528. The van der Waals surface area contributed by atoms with Crippen molar-refractivity contribution in [1.82, 2.24) is 4.72 Å². The Labute approximate surface area is 112 Å². The molecule has 0 spiro atoms. The van der Waals surface area contributed by atoms with Crippen molar-refractivity contribution in [3.8, 4) is 5.75 Å². The Kier molecular flexibility index (Phi) is 4.61. The van der Waals surface area contributed by atoms with E-state index in [1.807, 2.05) is 0 Å². The van der Waals surface area contributed by atoms with Gasteiger partial charge in [-0.25, -0.2) is 13.1 Å². The molecule has 0 amide bonds. The molecule has 1 aromatic rings. The maximum Gasteiger partial charge on any atom is 0.244 e. The van der Waals surface area contributed by atoms with Crippen LogP contribution in [0.25, 0.3) is 0 Å². The summed E-state index contributed by atoms with van der Waals surface area (Å²) in [6.07, 6.45) is 0. The largest absolute Gasteiger partial charge is 0.495 e. The van der Waals surface area contributed by atoms with Gasteiger partial charge >= 0.3 is 0 Å². The first-order valence-electron chi connectivity index (χ1n) is 5.20. The molecule has 1 aromatic carbocycles. The molecule has 0 aliphatic carbocycles. The van der Waals surface area contributed by atoms with E-state index in [9.17, 15) is 8.42 Å². The van der Waals surface area contributed by atoms with Gasteiger partial charge in [-0.1, -0.05) is 11.6 Å². The first kappa shape index (κ1) is 15.2. The van der Waals surface area contributed by atoms with Crippen molar-refractivity contribution in [1.29, 1.82) is 0 Å². The van der Waals surface area contributed by atoms with Gasteiger partial charge in [-0.15, -0.1) is 0 Å². The van der Waals surface area contributed by atoms with Crippen molar-refractivity contribution in [3.63, 3.8) is 0 Å². The minimum Gasteiger partial charge on any atom is -0.495 e. The maximum absolute atomic E-state index is 12.2. The van der Waals surface area contributed by atoms with Crippen LogP contribution in [0.5, 0.6) is 5.75 Å². The number of aliphatic hydroxyl groups is 1. The summed E-state index contributed by atoms with van der Waals surface area (Å²) in [4.78, 5) is -0.0177. The topological polar surface area (TPSA) is 75.6 Å². The quantitative estimate of drug-likeness (QED) is 0.860. The predicted octanol–water partition coefficient (Wildman–Crippen LogP) is 1.40. The van der Waals surface area contributed by atoms with Crippen molar-refractivity contribution in [2.45, 2.75) is 24.3 Å². The van der Waals surface area contributed by atoms with Crippen LogP contribution in [0.4, 0.5) is 0 Å². The molecule has 0 bridgehead atoms. The molecule has 0 aliphatic rings. The summed E-state index contributed by atoms with van der Waals surface area (Å²) in [6.45, 7) is 2.84. The van der Waals surface area contributed by atoms with Crippen molar-refractivity contribution in [2.24, 2.45) is 0 Å². The van der Waals surface area contributed by atoms with Gasteiger partial charge in [0.1, 0.15) is 10.6 Å².